The lowest BCUT2D eigenvalue weighted by molar-refractivity contribution is 0.0697. The van der Waals surface area contributed by atoms with Crippen molar-refractivity contribution < 1.29 is 15.0 Å². The Labute approximate surface area is 135 Å². The fraction of sp³-hybridized carbons (Fsp3) is 0.0667. The van der Waals surface area contributed by atoms with E-state index >= 15 is 0 Å². The molecule has 0 radical (unpaired) electrons. The Morgan fingerprint density at radius 2 is 1.96 bits per heavy atom. The van der Waals surface area contributed by atoms with Crippen molar-refractivity contribution in [1.82, 2.24) is 20.2 Å². The molecule has 7 nitrogen and oxygen atoms in total. The van der Waals surface area contributed by atoms with Crippen LogP contribution in [0.4, 0.5) is 0 Å². The van der Waals surface area contributed by atoms with Gasteiger partial charge in [-0.15, -0.1) is 5.10 Å². The number of thioether (sulfide) groups is 1. The lowest BCUT2D eigenvalue weighted by Crippen LogP contribution is -1.99. The topological polar surface area (TPSA) is 101 Å². The predicted molar refractivity (Wildman–Crippen MR) is 83.8 cm³/mol. The number of phenols is 1. The lowest BCUT2D eigenvalue weighted by Gasteiger charge is -2.05. The first-order chi connectivity index (χ1) is 11.1. The number of phenolic OH excluding ortho intramolecular Hbond substituents is 1. The number of carboxylic acid groups (broad SMARTS) is 1. The normalized spacial score (nSPS) is 10.6. The molecule has 8 heteroatoms. The summed E-state index contributed by atoms with van der Waals surface area (Å²) < 4.78 is 1.54. The average molecular weight is 328 g/mol. The van der Waals surface area contributed by atoms with Gasteiger partial charge in [0, 0.05) is 11.8 Å². The molecule has 0 saturated carbocycles. The third kappa shape index (κ3) is 3.49. The van der Waals surface area contributed by atoms with Gasteiger partial charge in [-0.05, 0) is 40.3 Å². The van der Waals surface area contributed by atoms with E-state index in [4.69, 9.17) is 5.11 Å². The number of benzene rings is 2. The Hall–Kier alpha value is -2.87. The third-order valence-electron chi connectivity index (χ3n) is 3.08. The molecule has 3 rings (SSSR count). The van der Waals surface area contributed by atoms with Gasteiger partial charge in [0.05, 0.1) is 11.3 Å². The zero-order valence-electron chi connectivity index (χ0n) is 11.8. The molecule has 0 bridgehead atoms. The largest absolute Gasteiger partial charge is 0.508 e. The first-order valence-corrected chi connectivity index (χ1v) is 7.65. The van der Waals surface area contributed by atoms with Crippen molar-refractivity contribution in [3.63, 3.8) is 0 Å². The monoisotopic (exact) mass is 328 g/mol. The first-order valence-electron chi connectivity index (χ1n) is 6.66. The molecule has 1 aromatic heterocycles. The van der Waals surface area contributed by atoms with Gasteiger partial charge >= 0.3 is 5.97 Å². The molecule has 0 aliphatic carbocycles. The highest BCUT2D eigenvalue weighted by molar-refractivity contribution is 7.98. The Morgan fingerprint density at radius 1 is 1.17 bits per heavy atom. The summed E-state index contributed by atoms with van der Waals surface area (Å²) in [7, 11) is 0. The summed E-state index contributed by atoms with van der Waals surface area (Å²) in [5.74, 6) is -0.214. The van der Waals surface area contributed by atoms with Crippen molar-refractivity contribution in [2.75, 3.05) is 0 Å². The SMILES string of the molecule is O=C(O)c1ccc(CSc2nnnn2-c2cccc(O)c2)cc1. The maximum absolute atomic E-state index is 10.8. The van der Waals surface area contributed by atoms with Crippen LogP contribution < -0.4 is 0 Å². The Kier molecular flexibility index (Phi) is 4.24. The van der Waals surface area contributed by atoms with Crippen molar-refractivity contribution in [3.05, 3.63) is 59.7 Å². The van der Waals surface area contributed by atoms with Crippen LogP contribution in [-0.2, 0) is 5.75 Å². The van der Waals surface area contributed by atoms with Crippen LogP contribution in [0.5, 0.6) is 5.75 Å². The van der Waals surface area contributed by atoms with Gasteiger partial charge in [0.15, 0.2) is 0 Å². The number of rotatable bonds is 5. The van der Waals surface area contributed by atoms with E-state index in [9.17, 15) is 9.90 Å². The highest BCUT2D eigenvalue weighted by atomic mass is 32.2. The van der Waals surface area contributed by atoms with Crippen molar-refractivity contribution in [2.45, 2.75) is 10.9 Å². The van der Waals surface area contributed by atoms with E-state index in [1.165, 1.54) is 16.4 Å². The molecule has 0 aliphatic heterocycles. The summed E-state index contributed by atoms with van der Waals surface area (Å²) in [6.07, 6.45) is 0. The second-order valence-electron chi connectivity index (χ2n) is 4.68. The molecule has 0 aliphatic rings. The fourth-order valence-corrected chi connectivity index (χ4v) is 2.79. The van der Waals surface area contributed by atoms with Gasteiger partial charge in [-0.25, -0.2) is 4.79 Å². The minimum absolute atomic E-state index is 0.137. The predicted octanol–water partition coefficient (Wildman–Crippen LogP) is 2.36. The van der Waals surface area contributed by atoms with Crippen LogP contribution in [0.3, 0.4) is 0 Å². The Morgan fingerprint density at radius 3 is 2.65 bits per heavy atom. The molecule has 0 amide bonds. The molecule has 3 aromatic rings. The summed E-state index contributed by atoms with van der Waals surface area (Å²) in [6.45, 7) is 0. The van der Waals surface area contributed by atoms with Gasteiger partial charge in [0.2, 0.25) is 5.16 Å². The number of aromatic hydroxyl groups is 1. The van der Waals surface area contributed by atoms with Crippen LogP contribution in [0.2, 0.25) is 0 Å². The number of carboxylic acids is 1. The van der Waals surface area contributed by atoms with Gasteiger partial charge in [-0.1, -0.05) is 30.0 Å². The van der Waals surface area contributed by atoms with Crippen LogP contribution in [0.1, 0.15) is 15.9 Å². The van der Waals surface area contributed by atoms with Gasteiger partial charge in [-0.3, -0.25) is 0 Å². The number of aromatic nitrogens is 4. The third-order valence-corrected chi connectivity index (χ3v) is 4.07. The number of hydrogen-bond donors (Lipinski definition) is 2. The zero-order valence-corrected chi connectivity index (χ0v) is 12.6. The van der Waals surface area contributed by atoms with Crippen LogP contribution >= 0.6 is 11.8 Å². The highest BCUT2D eigenvalue weighted by Gasteiger charge is 2.10. The van der Waals surface area contributed by atoms with E-state index in [1.54, 1.807) is 48.5 Å². The van der Waals surface area contributed by atoms with Crippen LogP contribution in [0.15, 0.2) is 53.7 Å². The zero-order chi connectivity index (χ0) is 16.2. The molecule has 0 unspecified atom stereocenters. The van der Waals surface area contributed by atoms with Gasteiger partial charge < -0.3 is 10.2 Å². The summed E-state index contributed by atoms with van der Waals surface area (Å²) in [6, 6.07) is 13.3. The quantitative estimate of drug-likeness (QED) is 0.693. The van der Waals surface area contributed by atoms with Crippen molar-refractivity contribution >= 4 is 17.7 Å². The highest BCUT2D eigenvalue weighted by Crippen LogP contribution is 2.24. The smallest absolute Gasteiger partial charge is 0.335 e. The summed E-state index contributed by atoms with van der Waals surface area (Å²) in [4.78, 5) is 10.8. The van der Waals surface area contributed by atoms with Gasteiger partial charge in [0.25, 0.3) is 0 Å². The Bertz CT molecular complexity index is 833. The molecule has 0 spiro atoms. The molecule has 0 atom stereocenters. The summed E-state index contributed by atoms with van der Waals surface area (Å²) >= 11 is 1.42. The minimum atomic E-state index is -0.947. The minimum Gasteiger partial charge on any atom is -0.508 e. The van der Waals surface area contributed by atoms with Crippen LogP contribution in [0, 0.1) is 0 Å². The van der Waals surface area contributed by atoms with Gasteiger partial charge in [-0.2, -0.15) is 4.68 Å². The van der Waals surface area contributed by atoms with Crippen molar-refractivity contribution in [3.8, 4) is 11.4 Å². The molecule has 0 fully saturated rings. The standard InChI is InChI=1S/C15H12N4O3S/c20-13-3-1-2-12(8-13)19-15(16-17-18-19)23-9-10-4-6-11(7-5-10)14(21)22/h1-8,20H,9H2,(H,21,22). The van der Waals surface area contributed by atoms with E-state index in [1.807, 2.05) is 0 Å². The molecule has 2 N–H and O–H groups in total. The van der Waals surface area contributed by atoms with Crippen LogP contribution in [-0.4, -0.2) is 36.4 Å². The van der Waals surface area contributed by atoms with E-state index in [0.29, 0.717) is 16.6 Å². The maximum Gasteiger partial charge on any atom is 0.335 e. The molecular formula is C15H12N4O3S. The Balaban J connectivity index is 1.74. The number of nitrogens with zero attached hydrogens (tertiary/aromatic N) is 4. The molecule has 1 heterocycles. The van der Waals surface area contributed by atoms with Gasteiger partial charge in [0.1, 0.15) is 5.75 Å². The summed E-state index contributed by atoms with van der Waals surface area (Å²) in [5.41, 5.74) is 1.88. The molecule has 2 aromatic carbocycles. The summed E-state index contributed by atoms with van der Waals surface area (Å²) in [5, 5.41) is 30.6. The second-order valence-corrected chi connectivity index (χ2v) is 5.63. The van der Waals surface area contributed by atoms with Crippen LogP contribution in [0.25, 0.3) is 5.69 Å². The average Bonchev–Trinajstić information content (AvgIpc) is 3.02. The van der Waals surface area contributed by atoms with Crippen molar-refractivity contribution in [2.24, 2.45) is 0 Å². The number of hydrogen-bond acceptors (Lipinski definition) is 6. The van der Waals surface area contributed by atoms with Crippen molar-refractivity contribution in [1.29, 1.82) is 0 Å². The number of aromatic carboxylic acids is 1. The first kappa shape index (κ1) is 15.0. The molecule has 0 saturated heterocycles. The number of carbonyl (C=O) groups is 1. The van der Waals surface area contributed by atoms with E-state index in [0.717, 1.165) is 5.56 Å². The second kappa shape index (κ2) is 6.49. The molecule has 23 heavy (non-hydrogen) atoms. The van der Waals surface area contributed by atoms with E-state index in [2.05, 4.69) is 15.5 Å². The fourth-order valence-electron chi connectivity index (χ4n) is 1.95. The molecular weight excluding hydrogens is 316 g/mol. The van der Waals surface area contributed by atoms with E-state index in [-0.39, 0.29) is 11.3 Å². The molecule has 116 valence electrons. The maximum atomic E-state index is 10.8. The number of tetrazole rings is 1. The lowest BCUT2D eigenvalue weighted by atomic mass is 10.1. The van der Waals surface area contributed by atoms with E-state index < -0.39 is 5.97 Å².